The number of carbonyl (C=O) groups excluding carboxylic acids is 2. The highest BCUT2D eigenvalue weighted by atomic mass is 32.2. The first-order valence-corrected chi connectivity index (χ1v) is 10.6. The second-order valence-corrected chi connectivity index (χ2v) is 8.35. The fourth-order valence-corrected chi connectivity index (χ4v) is 3.81. The summed E-state index contributed by atoms with van der Waals surface area (Å²) in [5.74, 6) is -1.48. The van der Waals surface area contributed by atoms with Gasteiger partial charge in [0.05, 0.1) is 5.75 Å². The van der Waals surface area contributed by atoms with Gasteiger partial charge >= 0.3 is 0 Å². The van der Waals surface area contributed by atoms with Crippen molar-refractivity contribution in [2.24, 2.45) is 0 Å². The summed E-state index contributed by atoms with van der Waals surface area (Å²) in [4.78, 5) is 23.9. The van der Waals surface area contributed by atoms with Gasteiger partial charge in [0.1, 0.15) is 5.75 Å². The van der Waals surface area contributed by atoms with Crippen LogP contribution in [0.1, 0.15) is 29.3 Å². The Balaban J connectivity index is 1.86. The predicted molar refractivity (Wildman–Crippen MR) is 106 cm³/mol. The summed E-state index contributed by atoms with van der Waals surface area (Å²) in [6, 6.07) is 16.0. The van der Waals surface area contributed by atoms with Crippen molar-refractivity contribution >= 4 is 27.3 Å². The first-order valence-electron chi connectivity index (χ1n) is 8.82. The van der Waals surface area contributed by atoms with Crippen LogP contribution in [0.15, 0.2) is 54.6 Å². The van der Waals surface area contributed by atoms with Gasteiger partial charge in [-0.15, -0.1) is 0 Å². The summed E-state index contributed by atoms with van der Waals surface area (Å²) in [6.45, 7) is 2.31. The first-order chi connectivity index (χ1) is 12.9. The second-order valence-electron chi connectivity index (χ2n) is 6.17. The van der Waals surface area contributed by atoms with Crippen molar-refractivity contribution in [3.05, 3.63) is 65.7 Å². The molecule has 0 bridgehead atoms. The van der Waals surface area contributed by atoms with E-state index in [1.807, 2.05) is 37.3 Å². The number of benzene rings is 2. The molecule has 2 N–H and O–H groups in total. The Hall–Kier alpha value is -2.67. The van der Waals surface area contributed by atoms with E-state index in [1.54, 1.807) is 18.2 Å². The number of carbonyl (C=O) groups is 2. The van der Waals surface area contributed by atoms with Crippen molar-refractivity contribution in [1.29, 1.82) is 0 Å². The fourth-order valence-electron chi connectivity index (χ4n) is 2.61. The summed E-state index contributed by atoms with van der Waals surface area (Å²) in [5, 5.41) is 5.22. The van der Waals surface area contributed by atoms with Gasteiger partial charge in [0.25, 0.3) is 5.91 Å². The van der Waals surface area contributed by atoms with Gasteiger partial charge in [0, 0.05) is 17.8 Å². The van der Waals surface area contributed by atoms with Crippen LogP contribution in [0.3, 0.4) is 0 Å². The standard InChI is InChI=1S/C20H24N2O4S/c1-2-21-20(24)17-11-6-12-18(14-17)22-19(23)15-27(25,26)13-7-10-16-8-4-3-5-9-16/h3-6,8-9,11-12,14H,2,7,10,13,15H2,1H3,(H,21,24)(H,22,23). The Morgan fingerprint density at radius 1 is 1.00 bits per heavy atom. The van der Waals surface area contributed by atoms with E-state index in [1.165, 1.54) is 6.07 Å². The Morgan fingerprint density at radius 2 is 1.74 bits per heavy atom. The van der Waals surface area contributed by atoms with E-state index in [2.05, 4.69) is 10.6 Å². The quantitative estimate of drug-likeness (QED) is 0.690. The molecule has 0 unspecified atom stereocenters. The lowest BCUT2D eigenvalue weighted by atomic mass is 10.1. The van der Waals surface area contributed by atoms with Crippen LogP contribution in [-0.4, -0.2) is 38.3 Å². The van der Waals surface area contributed by atoms with Crippen LogP contribution in [0.4, 0.5) is 5.69 Å². The number of anilines is 1. The van der Waals surface area contributed by atoms with Crippen LogP contribution < -0.4 is 10.6 Å². The molecule has 2 aromatic carbocycles. The highest BCUT2D eigenvalue weighted by Crippen LogP contribution is 2.11. The lowest BCUT2D eigenvalue weighted by Gasteiger charge is -2.08. The fraction of sp³-hybridized carbons (Fsp3) is 0.300. The minimum atomic E-state index is -3.50. The second kappa shape index (κ2) is 9.87. The van der Waals surface area contributed by atoms with Crippen LogP contribution >= 0.6 is 0 Å². The highest BCUT2D eigenvalue weighted by molar-refractivity contribution is 7.92. The molecule has 144 valence electrons. The van der Waals surface area contributed by atoms with Crippen molar-refractivity contribution in [2.75, 3.05) is 23.4 Å². The van der Waals surface area contributed by atoms with Gasteiger partial charge in [-0.1, -0.05) is 36.4 Å². The van der Waals surface area contributed by atoms with Crippen LogP contribution in [0.25, 0.3) is 0 Å². The Labute approximate surface area is 159 Å². The molecule has 0 heterocycles. The molecule has 2 aromatic rings. The molecule has 0 atom stereocenters. The summed E-state index contributed by atoms with van der Waals surface area (Å²) in [7, 11) is -3.50. The normalized spacial score (nSPS) is 11.0. The van der Waals surface area contributed by atoms with E-state index in [-0.39, 0.29) is 11.7 Å². The Morgan fingerprint density at radius 3 is 2.44 bits per heavy atom. The van der Waals surface area contributed by atoms with Crippen LogP contribution in [0, 0.1) is 0 Å². The minimum Gasteiger partial charge on any atom is -0.352 e. The molecule has 0 aromatic heterocycles. The lowest BCUT2D eigenvalue weighted by Crippen LogP contribution is -2.25. The molecule has 7 heteroatoms. The van der Waals surface area contributed by atoms with E-state index in [4.69, 9.17) is 0 Å². The number of amides is 2. The summed E-state index contributed by atoms with van der Waals surface area (Å²) >= 11 is 0. The monoisotopic (exact) mass is 388 g/mol. The number of nitrogens with one attached hydrogen (secondary N) is 2. The van der Waals surface area contributed by atoms with Crippen LogP contribution in [-0.2, 0) is 21.1 Å². The zero-order chi connectivity index (χ0) is 19.7. The van der Waals surface area contributed by atoms with Crippen molar-refractivity contribution in [2.45, 2.75) is 19.8 Å². The van der Waals surface area contributed by atoms with E-state index >= 15 is 0 Å². The molecule has 0 fully saturated rings. The number of rotatable bonds is 9. The van der Waals surface area contributed by atoms with E-state index < -0.39 is 21.5 Å². The summed E-state index contributed by atoms with van der Waals surface area (Å²) < 4.78 is 24.3. The Kier molecular flexibility index (Phi) is 7.55. The van der Waals surface area contributed by atoms with Crippen molar-refractivity contribution in [3.63, 3.8) is 0 Å². The molecule has 0 saturated carbocycles. The first kappa shape index (κ1) is 20.6. The van der Waals surface area contributed by atoms with Gasteiger partial charge in [-0.3, -0.25) is 9.59 Å². The molecule has 6 nitrogen and oxygen atoms in total. The molecule has 0 aliphatic heterocycles. The maximum Gasteiger partial charge on any atom is 0.251 e. The third-order valence-electron chi connectivity index (χ3n) is 3.86. The maximum absolute atomic E-state index is 12.2. The average Bonchev–Trinajstić information content (AvgIpc) is 2.62. The topological polar surface area (TPSA) is 92.3 Å². The molecular weight excluding hydrogens is 364 g/mol. The smallest absolute Gasteiger partial charge is 0.251 e. The summed E-state index contributed by atoms with van der Waals surface area (Å²) in [5.41, 5.74) is 1.86. The molecule has 0 saturated heterocycles. The molecule has 0 radical (unpaired) electrons. The van der Waals surface area contributed by atoms with Crippen molar-refractivity contribution in [1.82, 2.24) is 5.32 Å². The number of sulfone groups is 1. The predicted octanol–water partition coefficient (Wildman–Crippen LogP) is 2.42. The summed E-state index contributed by atoms with van der Waals surface area (Å²) in [6.07, 6.45) is 1.11. The zero-order valence-electron chi connectivity index (χ0n) is 15.3. The van der Waals surface area contributed by atoms with Gasteiger partial charge in [0.2, 0.25) is 5.91 Å². The number of hydrogen-bond acceptors (Lipinski definition) is 4. The van der Waals surface area contributed by atoms with E-state index in [0.29, 0.717) is 30.6 Å². The van der Waals surface area contributed by atoms with Gasteiger partial charge < -0.3 is 10.6 Å². The Bertz CT molecular complexity index is 880. The molecule has 2 amide bonds. The van der Waals surface area contributed by atoms with Gasteiger partial charge in [-0.25, -0.2) is 8.42 Å². The molecule has 0 aliphatic carbocycles. The minimum absolute atomic E-state index is 0.0474. The van der Waals surface area contributed by atoms with E-state index in [0.717, 1.165) is 5.56 Å². The van der Waals surface area contributed by atoms with E-state index in [9.17, 15) is 18.0 Å². The zero-order valence-corrected chi connectivity index (χ0v) is 16.1. The number of hydrogen-bond donors (Lipinski definition) is 2. The van der Waals surface area contributed by atoms with Crippen LogP contribution in [0.5, 0.6) is 0 Å². The largest absolute Gasteiger partial charge is 0.352 e. The van der Waals surface area contributed by atoms with Gasteiger partial charge in [-0.05, 0) is 43.5 Å². The molecular formula is C20H24N2O4S. The third-order valence-corrected chi connectivity index (χ3v) is 5.47. The highest BCUT2D eigenvalue weighted by Gasteiger charge is 2.17. The average molecular weight is 388 g/mol. The molecule has 27 heavy (non-hydrogen) atoms. The maximum atomic E-state index is 12.2. The molecule has 0 spiro atoms. The number of aryl methyl sites for hydroxylation is 1. The lowest BCUT2D eigenvalue weighted by molar-refractivity contribution is -0.113. The van der Waals surface area contributed by atoms with Crippen molar-refractivity contribution < 1.29 is 18.0 Å². The van der Waals surface area contributed by atoms with Crippen molar-refractivity contribution in [3.8, 4) is 0 Å². The SMILES string of the molecule is CCNC(=O)c1cccc(NC(=O)CS(=O)(=O)CCCc2ccccc2)c1. The third kappa shape index (κ3) is 7.22. The molecule has 0 aliphatic rings. The van der Waals surface area contributed by atoms with Crippen LogP contribution in [0.2, 0.25) is 0 Å². The molecule has 2 rings (SSSR count). The van der Waals surface area contributed by atoms with Gasteiger partial charge in [0.15, 0.2) is 9.84 Å². The van der Waals surface area contributed by atoms with Gasteiger partial charge in [-0.2, -0.15) is 0 Å².